The van der Waals surface area contributed by atoms with Crippen LogP contribution >= 0.6 is 0 Å². The van der Waals surface area contributed by atoms with E-state index in [-0.39, 0.29) is 47.2 Å². The van der Waals surface area contributed by atoms with Gasteiger partial charge in [-0.15, -0.1) is 0 Å². The van der Waals surface area contributed by atoms with Crippen LogP contribution in [0.1, 0.15) is 18.1 Å². The van der Waals surface area contributed by atoms with E-state index in [2.05, 4.69) is 5.32 Å². The highest BCUT2D eigenvalue weighted by atomic mass is 32.2. The van der Waals surface area contributed by atoms with Gasteiger partial charge in [-0.2, -0.15) is 0 Å². The smallest absolute Gasteiger partial charge is 0.264 e. The average molecular weight is 652 g/mol. The zero-order valence-electron chi connectivity index (χ0n) is 25.7. The molecule has 9 nitrogen and oxygen atoms in total. The number of nitrogens with zero attached hydrogens (tertiary/aromatic N) is 2. The average Bonchev–Trinajstić information content (AvgIpc) is 3.06. The van der Waals surface area contributed by atoms with Gasteiger partial charge < -0.3 is 19.7 Å². The van der Waals surface area contributed by atoms with Crippen molar-refractivity contribution in [3.05, 3.63) is 120 Å². The van der Waals surface area contributed by atoms with Crippen molar-refractivity contribution in [2.75, 3.05) is 31.6 Å². The van der Waals surface area contributed by atoms with Crippen LogP contribution in [-0.4, -0.2) is 58.5 Å². The van der Waals surface area contributed by atoms with Gasteiger partial charge in [0.05, 0.1) is 24.8 Å². The molecular weight excluding hydrogens is 616 g/mol. The molecule has 46 heavy (non-hydrogen) atoms. The Labute approximate surface area is 267 Å². The van der Waals surface area contributed by atoms with Crippen molar-refractivity contribution in [1.82, 2.24) is 10.2 Å². The van der Waals surface area contributed by atoms with E-state index in [4.69, 9.17) is 9.47 Å². The standard InChI is InChI=1S/C34H35F2N3O6S/c1-4-37-34(41)30(20-24-10-6-5-7-11-24)38(22-25-12-8-9-13-29(25)36)33(40)23-39(27-16-14-26(35)15-17-27)46(42,43)28-18-19-31(44-2)32(21-28)45-3/h5-19,21,30H,4,20,22-23H2,1-3H3,(H,37,41). The van der Waals surface area contributed by atoms with Crippen molar-refractivity contribution in [2.45, 2.75) is 30.8 Å². The lowest BCUT2D eigenvalue weighted by atomic mass is 10.0. The van der Waals surface area contributed by atoms with Crippen LogP contribution in [0.3, 0.4) is 0 Å². The Morgan fingerprint density at radius 2 is 1.50 bits per heavy atom. The molecule has 0 fully saturated rings. The summed E-state index contributed by atoms with van der Waals surface area (Å²) in [5, 5.41) is 2.75. The minimum Gasteiger partial charge on any atom is -0.493 e. The van der Waals surface area contributed by atoms with Crippen molar-refractivity contribution >= 4 is 27.5 Å². The molecule has 4 aromatic rings. The summed E-state index contributed by atoms with van der Waals surface area (Å²) >= 11 is 0. The number of hydrogen-bond donors (Lipinski definition) is 1. The van der Waals surface area contributed by atoms with E-state index in [1.165, 1.54) is 67.7 Å². The largest absolute Gasteiger partial charge is 0.493 e. The number of anilines is 1. The highest BCUT2D eigenvalue weighted by Gasteiger charge is 2.35. The van der Waals surface area contributed by atoms with Gasteiger partial charge in [-0.1, -0.05) is 48.5 Å². The summed E-state index contributed by atoms with van der Waals surface area (Å²) in [7, 11) is -1.74. The van der Waals surface area contributed by atoms with Crippen LogP contribution in [-0.2, 0) is 32.6 Å². The van der Waals surface area contributed by atoms with E-state index < -0.39 is 46.1 Å². The van der Waals surface area contributed by atoms with E-state index in [1.54, 1.807) is 37.3 Å². The number of ether oxygens (including phenoxy) is 2. The number of amides is 2. The predicted molar refractivity (Wildman–Crippen MR) is 170 cm³/mol. The zero-order chi connectivity index (χ0) is 33.3. The quantitative estimate of drug-likeness (QED) is 0.207. The Balaban J connectivity index is 1.82. The number of likely N-dealkylation sites (N-methyl/N-ethyl adjacent to an activating group) is 1. The summed E-state index contributed by atoms with van der Waals surface area (Å²) in [4.78, 5) is 28.8. The van der Waals surface area contributed by atoms with E-state index in [1.807, 2.05) is 6.07 Å². The number of nitrogens with one attached hydrogen (secondary N) is 1. The number of sulfonamides is 1. The normalized spacial score (nSPS) is 11.8. The molecule has 0 bridgehead atoms. The third kappa shape index (κ3) is 7.99. The molecule has 2 amide bonds. The van der Waals surface area contributed by atoms with Gasteiger partial charge >= 0.3 is 0 Å². The molecule has 1 atom stereocenters. The molecule has 1 unspecified atom stereocenters. The Bertz CT molecular complexity index is 1750. The first-order valence-corrected chi connectivity index (χ1v) is 15.9. The van der Waals surface area contributed by atoms with Gasteiger partial charge in [-0.3, -0.25) is 13.9 Å². The van der Waals surface area contributed by atoms with Crippen molar-refractivity contribution in [2.24, 2.45) is 0 Å². The highest BCUT2D eigenvalue weighted by Crippen LogP contribution is 2.32. The molecule has 0 radical (unpaired) electrons. The fourth-order valence-corrected chi connectivity index (χ4v) is 6.33. The summed E-state index contributed by atoms with van der Waals surface area (Å²) < 4.78 is 68.6. The summed E-state index contributed by atoms with van der Waals surface area (Å²) in [6.07, 6.45) is 0.0752. The number of rotatable bonds is 14. The highest BCUT2D eigenvalue weighted by molar-refractivity contribution is 7.92. The van der Waals surface area contributed by atoms with Crippen molar-refractivity contribution in [3.8, 4) is 11.5 Å². The molecule has 12 heteroatoms. The van der Waals surface area contributed by atoms with Crippen LogP contribution in [0, 0.1) is 11.6 Å². The number of carbonyl (C=O) groups excluding carboxylic acids is 2. The number of hydrogen-bond acceptors (Lipinski definition) is 6. The third-order valence-electron chi connectivity index (χ3n) is 7.26. The van der Waals surface area contributed by atoms with Gasteiger partial charge in [0.2, 0.25) is 11.8 Å². The first-order chi connectivity index (χ1) is 22.1. The fourth-order valence-electron chi connectivity index (χ4n) is 4.90. The van der Waals surface area contributed by atoms with Gasteiger partial charge in [0.25, 0.3) is 10.0 Å². The number of methoxy groups -OCH3 is 2. The second-order valence-electron chi connectivity index (χ2n) is 10.2. The molecule has 0 aliphatic heterocycles. The molecule has 0 heterocycles. The summed E-state index contributed by atoms with van der Waals surface area (Å²) in [5.74, 6) is -2.07. The molecular formula is C34H35F2N3O6S. The number of benzene rings is 4. The molecule has 242 valence electrons. The minimum absolute atomic E-state index is 0.00649. The number of carbonyl (C=O) groups is 2. The minimum atomic E-state index is -4.50. The Morgan fingerprint density at radius 1 is 0.848 bits per heavy atom. The molecule has 0 spiro atoms. The maximum Gasteiger partial charge on any atom is 0.264 e. The van der Waals surface area contributed by atoms with Crippen LogP contribution in [0.2, 0.25) is 0 Å². The van der Waals surface area contributed by atoms with Crippen LogP contribution in [0.5, 0.6) is 11.5 Å². The van der Waals surface area contributed by atoms with Crippen LogP contribution in [0.4, 0.5) is 14.5 Å². The number of halogens is 2. The van der Waals surface area contributed by atoms with Crippen molar-refractivity contribution < 1.29 is 36.3 Å². The van der Waals surface area contributed by atoms with Crippen molar-refractivity contribution in [1.29, 1.82) is 0 Å². The monoisotopic (exact) mass is 651 g/mol. The van der Waals surface area contributed by atoms with E-state index >= 15 is 0 Å². The van der Waals surface area contributed by atoms with Crippen molar-refractivity contribution in [3.63, 3.8) is 0 Å². The topological polar surface area (TPSA) is 105 Å². The lowest BCUT2D eigenvalue weighted by molar-refractivity contribution is -0.140. The first kappa shape index (κ1) is 33.9. The Kier molecular flexibility index (Phi) is 11.3. The Morgan fingerprint density at radius 3 is 2.13 bits per heavy atom. The van der Waals surface area contributed by atoms with E-state index in [0.29, 0.717) is 0 Å². The van der Waals surface area contributed by atoms with E-state index in [0.717, 1.165) is 22.0 Å². The second kappa shape index (κ2) is 15.3. The molecule has 0 aliphatic rings. The lowest BCUT2D eigenvalue weighted by Crippen LogP contribution is -2.53. The molecule has 1 N–H and O–H groups in total. The predicted octanol–water partition coefficient (Wildman–Crippen LogP) is 4.95. The van der Waals surface area contributed by atoms with Gasteiger partial charge in [0, 0.05) is 31.1 Å². The van der Waals surface area contributed by atoms with Gasteiger partial charge in [-0.05, 0) is 55.0 Å². The SMILES string of the molecule is CCNC(=O)C(Cc1ccccc1)N(Cc1ccccc1F)C(=O)CN(c1ccc(F)cc1)S(=O)(=O)c1ccc(OC)c(OC)c1. The maximum atomic E-state index is 15.0. The van der Waals surface area contributed by atoms with Gasteiger partial charge in [-0.25, -0.2) is 17.2 Å². The summed E-state index contributed by atoms with van der Waals surface area (Å²) in [6, 6.07) is 22.2. The van der Waals surface area contributed by atoms with Gasteiger partial charge in [0.1, 0.15) is 24.2 Å². The van der Waals surface area contributed by atoms with Crippen LogP contribution in [0.15, 0.2) is 102 Å². The molecule has 4 rings (SSSR count). The summed E-state index contributed by atoms with van der Waals surface area (Å²) in [6.45, 7) is 0.878. The van der Waals surface area contributed by atoms with Gasteiger partial charge in [0.15, 0.2) is 11.5 Å². The zero-order valence-corrected chi connectivity index (χ0v) is 26.5. The summed E-state index contributed by atoms with van der Waals surface area (Å²) in [5.41, 5.74) is 0.862. The first-order valence-electron chi connectivity index (χ1n) is 14.4. The Hall–Kier alpha value is -4.97. The fraction of sp³-hybridized carbons (Fsp3) is 0.235. The van der Waals surface area contributed by atoms with E-state index in [9.17, 15) is 26.8 Å². The molecule has 0 aliphatic carbocycles. The van der Waals surface area contributed by atoms with Crippen LogP contribution < -0.4 is 19.1 Å². The molecule has 0 saturated carbocycles. The molecule has 4 aromatic carbocycles. The third-order valence-corrected chi connectivity index (χ3v) is 9.03. The molecule has 0 aromatic heterocycles. The second-order valence-corrected chi connectivity index (χ2v) is 12.1. The molecule has 0 saturated heterocycles. The lowest BCUT2D eigenvalue weighted by Gasteiger charge is -2.34. The maximum absolute atomic E-state index is 15.0. The van der Waals surface area contributed by atoms with Crippen LogP contribution in [0.25, 0.3) is 0 Å².